The summed E-state index contributed by atoms with van der Waals surface area (Å²) in [6.45, 7) is 4.55. The van der Waals surface area contributed by atoms with E-state index in [9.17, 15) is 4.79 Å². The molecule has 1 heterocycles. The Morgan fingerprint density at radius 3 is 2.88 bits per heavy atom. The van der Waals surface area contributed by atoms with Crippen molar-refractivity contribution >= 4 is 17.4 Å². The molecule has 0 aliphatic carbocycles. The Kier molecular flexibility index (Phi) is 5.44. The van der Waals surface area contributed by atoms with Gasteiger partial charge in [0.15, 0.2) is 0 Å². The first-order chi connectivity index (χ1) is 8.09. The van der Waals surface area contributed by atoms with Crippen molar-refractivity contribution in [3.8, 4) is 0 Å². The first-order valence-electron chi connectivity index (χ1n) is 5.77. The molecule has 0 fully saturated rings. The van der Waals surface area contributed by atoms with Gasteiger partial charge in [0.1, 0.15) is 0 Å². The van der Waals surface area contributed by atoms with E-state index in [1.807, 2.05) is 30.7 Å². The first-order valence-corrected chi connectivity index (χ1v) is 6.72. The molecule has 0 aromatic carbocycles. The third-order valence-corrected chi connectivity index (χ3v) is 3.62. The lowest BCUT2D eigenvalue weighted by molar-refractivity contribution is 0.200. The van der Waals surface area contributed by atoms with Crippen LogP contribution in [0.2, 0.25) is 0 Å². The van der Waals surface area contributed by atoms with Crippen molar-refractivity contribution in [1.82, 2.24) is 10.6 Å². The van der Waals surface area contributed by atoms with E-state index in [1.165, 1.54) is 0 Å². The molecule has 1 unspecified atom stereocenters. The largest absolute Gasteiger partial charge is 0.396 e. The van der Waals surface area contributed by atoms with Gasteiger partial charge in [-0.15, -0.1) is 0 Å². The smallest absolute Gasteiger partial charge is 0.315 e. The van der Waals surface area contributed by atoms with Crippen molar-refractivity contribution in [2.45, 2.75) is 38.8 Å². The highest BCUT2D eigenvalue weighted by atomic mass is 32.1. The number of thiophene rings is 1. The number of amides is 2. The Morgan fingerprint density at radius 2 is 2.35 bits per heavy atom. The van der Waals surface area contributed by atoms with Gasteiger partial charge < -0.3 is 15.7 Å². The van der Waals surface area contributed by atoms with Crippen molar-refractivity contribution in [3.05, 3.63) is 22.4 Å². The van der Waals surface area contributed by atoms with Crippen molar-refractivity contribution < 1.29 is 9.90 Å². The van der Waals surface area contributed by atoms with Crippen LogP contribution in [0.25, 0.3) is 0 Å². The highest BCUT2D eigenvalue weighted by molar-refractivity contribution is 7.07. The molecule has 0 saturated heterocycles. The minimum atomic E-state index is -0.340. The maximum absolute atomic E-state index is 11.7. The second kappa shape index (κ2) is 6.61. The Balaban J connectivity index is 2.37. The Bertz CT molecular complexity index is 340. The van der Waals surface area contributed by atoms with Crippen LogP contribution >= 0.6 is 11.3 Å². The van der Waals surface area contributed by atoms with E-state index >= 15 is 0 Å². The molecule has 0 aliphatic rings. The SMILES string of the molecule is CCC(C)(CCO)NC(=O)NCc1ccsc1. The molecule has 3 N–H and O–H groups in total. The van der Waals surface area contributed by atoms with Crippen LogP contribution in [0.3, 0.4) is 0 Å². The number of hydrogen-bond donors (Lipinski definition) is 3. The first kappa shape index (κ1) is 14.0. The fourth-order valence-electron chi connectivity index (χ4n) is 1.47. The predicted octanol–water partition coefficient (Wildman–Crippen LogP) is 2.10. The van der Waals surface area contributed by atoms with Gasteiger partial charge in [0.2, 0.25) is 0 Å². The second-order valence-corrected chi connectivity index (χ2v) is 5.11. The number of rotatable bonds is 6. The third kappa shape index (κ3) is 4.75. The average molecular weight is 256 g/mol. The summed E-state index contributed by atoms with van der Waals surface area (Å²) in [6.07, 6.45) is 1.36. The summed E-state index contributed by atoms with van der Waals surface area (Å²) in [6, 6.07) is 1.80. The van der Waals surface area contributed by atoms with E-state index in [0.29, 0.717) is 13.0 Å². The zero-order valence-corrected chi connectivity index (χ0v) is 11.1. The van der Waals surface area contributed by atoms with Gasteiger partial charge in [0, 0.05) is 18.7 Å². The molecule has 17 heavy (non-hydrogen) atoms. The highest BCUT2D eigenvalue weighted by Crippen LogP contribution is 2.13. The molecule has 1 atom stereocenters. The summed E-state index contributed by atoms with van der Waals surface area (Å²) in [5.74, 6) is 0. The van der Waals surface area contributed by atoms with Gasteiger partial charge in [-0.3, -0.25) is 0 Å². The van der Waals surface area contributed by atoms with E-state index in [1.54, 1.807) is 11.3 Å². The summed E-state index contributed by atoms with van der Waals surface area (Å²) >= 11 is 1.61. The molecule has 0 saturated carbocycles. The van der Waals surface area contributed by atoms with Crippen LogP contribution < -0.4 is 10.6 Å². The number of aliphatic hydroxyl groups is 1. The zero-order valence-electron chi connectivity index (χ0n) is 10.3. The van der Waals surface area contributed by atoms with Gasteiger partial charge >= 0.3 is 6.03 Å². The van der Waals surface area contributed by atoms with Gasteiger partial charge in [-0.2, -0.15) is 11.3 Å². The molecule has 2 amide bonds. The van der Waals surface area contributed by atoms with Crippen LogP contribution in [0, 0.1) is 0 Å². The van der Waals surface area contributed by atoms with Crippen LogP contribution in [-0.2, 0) is 6.54 Å². The molecule has 0 radical (unpaired) electrons. The Labute approximate surface area is 106 Å². The second-order valence-electron chi connectivity index (χ2n) is 4.33. The number of carbonyl (C=O) groups excluding carboxylic acids is 1. The van der Waals surface area contributed by atoms with Crippen LogP contribution in [0.1, 0.15) is 32.3 Å². The summed E-state index contributed by atoms with van der Waals surface area (Å²) < 4.78 is 0. The van der Waals surface area contributed by atoms with E-state index in [4.69, 9.17) is 5.11 Å². The topological polar surface area (TPSA) is 61.4 Å². The Morgan fingerprint density at radius 1 is 1.59 bits per heavy atom. The maximum Gasteiger partial charge on any atom is 0.315 e. The van der Waals surface area contributed by atoms with Crippen molar-refractivity contribution in [2.75, 3.05) is 6.61 Å². The molecule has 96 valence electrons. The van der Waals surface area contributed by atoms with Crippen molar-refractivity contribution in [1.29, 1.82) is 0 Å². The molecule has 1 aromatic rings. The molecule has 5 heteroatoms. The number of hydrogen-bond acceptors (Lipinski definition) is 3. The van der Waals surface area contributed by atoms with Gasteiger partial charge in [0.25, 0.3) is 0 Å². The lowest BCUT2D eigenvalue weighted by Crippen LogP contribution is -2.50. The minimum absolute atomic E-state index is 0.0785. The van der Waals surface area contributed by atoms with Gasteiger partial charge in [-0.25, -0.2) is 4.79 Å². The van der Waals surface area contributed by atoms with Crippen LogP contribution in [-0.4, -0.2) is 23.3 Å². The van der Waals surface area contributed by atoms with Crippen molar-refractivity contribution in [2.24, 2.45) is 0 Å². The predicted molar refractivity (Wildman–Crippen MR) is 70.1 cm³/mol. The number of aliphatic hydroxyl groups excluding tert-OH is 1. The summed E-state index contributed by atoms with van der Waals surface area (Å²) in [4.78, 5) is 11.7. The molecule has 1 aromatic heterocycles. The summed E-state index contributed by atoms with van der Waals surface area (Å²) in [5, 5.41) is 18.7. The fourth-order valence-corrected chi connectivity index (χ4v) is 2.14. The zero-order chi connectivity index (χ0) is 12.7. The van der Waals surface area contributed by atoms with Crippen LogP contribution in [0.5, 0.6) is 0 Å². The van der Waals surface area contributed by atoms with E-state index in [2.05, 4.69) is 10.6 Å². The lowest BCUT2D eigenvalue weighted by Gasteiger charge is -2.28. The molecular weight excluding hydrogens is 236 g/mol. The normalized spacial score (nSPS) is 14.1. The standard InChI is InChI=1S/C12H20N2O2S/c1-3-12(2,5-6-15)14-11(16)13-8-10-4-7-17-9-10/h4,7,9,15H,3,5-6,8H2,1-2H3,(H2,13,14,16). The third-order valence-electron chi connectivity index (χ3n) is 2.89. The van der Waals surface area contributed by atoms with Gasteiger partial charge in [-0.1, -0.05) is 6.92 Å². The molecular formula is C12H20N2O2S. The number of nitrogens with one attached hydrogen (secondary N) is 2. The minimum Gasteiger partial charge on any atom is -0.396 e. The summed E-state index contributed by atoms with van der Waals surface area (Å²) in [7, 11) is 0. The average Bonchev–Trinajstić information content (AvgIpc) is 2.79. The lowest BCUT2D eigenvalue weighted by atomic mass is 9.95. The highest BCUT2D eigenvalue weighted by Gasteiger charge is 2.23. The van der Waals surface area contributed by atoms with Crippen LogP contribution in [0.15, 0.2) is 16.8 Å². The fraction of sp³-hybridized carbons (Fsp3) is 0.583. The van der Waals surface area contributed by atoms with Gasteiger partial charge in [-0.05, 0) is 42.2 Å². The molecule has 0 spiro atoms. The monoisotopic (exact) mass is 256 g/mol. The number of urea groups is 1. The maximum atomic E-state index is 11.7. The van der Waals surface area contributed by atoms with Gasteiger partial charge in [0.05, 0.1) is 0 Å². The molecule has 0 aliphatic heterocycles. The summed E-state index contributed by atoms with van der Waals surface area (Å²) in [5.41, 5.74) is 0.763. The molecule has 4 nitrogen and oxygen atoms in total. The van der Waals surface area contributed by atoms with E-state index in [-0.39, 0.29) is 18.2 Å². The van der Waals surface area contributed by atoms with E-state index in [0.717, 1.165) is 12.0 Å². The quantitative estimate of drug-likeness (QED) is 0.730. The molecule has 0 bridgehead atoms. The van der Waals surface area contributed by atoms with Crippen molar-refractivity contribution in [3.63, 3.8) is 0 Å². The molecule has 1 rings (SSSR count). The van der Waals surface area contributed by atoms with Crippen LogP contribution in [0.4, 0.5) is 4.79 Å². The van der Waals surface area contributed by atoms with E-state index < -0.39 is 0 Å². The number of carbonyl (C=O) groups is 1. The Hall–Kier alpha value is -1.07.